The van der Waals surface area contributed by atoms with Crippen molar-refractivity contribution >= 4 is 29.2 Å². The molecule has 2 aromatic carbocycles. The molecule has 2 rings (SSSR count). The molecule has 9 heteroatoms. The minimum absolute atomic E-state index is 0.0206. The van der Waals surface area contributed by atoms with E-state index in [0.29, 0.717) is 5.56 Å². The number of halogens is 2. The molecule has 0 bridgehead atoms. The lowest BCUT2D eigenvalue weighted by Crippen LogP contribution is -2.30. The van der Waals surface area contributed by atoms with Crippen LogP contribution in [0.25, 0.3) is 0 Å². The molecule has 1 amide bonds. The molecular weight excluding hydrogens is 367 g/mol. The van der Waals surface area contributed by atoms with Crippen molar-refractivity contribution in [2.75, 3.05) is 13.7 Å². The molecule has 0 fully saturated rings. The van der Waals surface area contributed by atoms with Crippen molar-refractivity contribution in [2.24, 2.45) is 0 Å². The van der Waals surface area contributed by atoms with Crippen LogP contribution < -0.4 is 0 Å². The zero-order valence-electron chi connectivity index (χ0n) is 13.6. The van der Waals surface area contributed by atoms with Gasteiger partial charge >= 0.3 is 5.97 Å². The Morgan fingerprint density at radius 2 is 1.88 bits per heavy atom. The van der Waals surface area contributed by atoms with Crippen LogP contribution in [0.3, 0.4) is 0 Å². The molecule has 7 nitrogen and oxygen atoms in total. The van der Waals surface area contributed by atoms with E-state index in [-0.39, 0.29) is 28.6 Å². The summed E-state index contributed by atoms with van der Waals surface area (Å²) < 4.78 is 17.8. The second-order valence-electron chi connectivity index (χ2n) is 5.37. The highest BCUT2D eigenvalue weighted by Gasteiger charge is 2.19. The summed E-state index contributed by atoms with van der Waals surface area (Å²) in [6.45, 7) is -0.357. The number of nitrogens with zero attached hydrogens (tertiary/aromatic N) is 2. The summed E-state index contributed by atoms with van der Waals surface area (Å²) in [6, 6.07) is 8.97. The number of carbonyl (C=O) groups excluding carboxylic acids is 2. The van der Waals surface area contributed by atoms with Gasteiger partial charge in [-0.15, -0.1) is 0 Å². The van der Waals surface area contributed by atoms with Gasteiger partial charge in [0.2, 0.25) is 0 Å². The number of nitro groups is 1. The van der Waals surface area contributed by atoms with Crippen LogP contribution >= 0.6 is 11.6 Å². The van der Waals surface area contributed by atoms with Crippen LogP contribution in [0.1, 0.15) is 15.9 Å². The fourth-order valence-electron chi connectivity index (χ4n) is 2.05. The average molecular weight is 381 g/mol. The molecule has 0 aliphatic carbocycles. The Morgan fingerprint density at radius 1 is 1.23 bits per heavy atom. The maximum Gasteiger partial charge on any atom is 0.340 e. The molecule has 0 heterocycles. The van der Waals surface area contributed by atoms with Gasteiger partial charge in [0, 0.05) is 25.7 Å². The van der Waals surface area contributed by atoms with Crippen LogP contribution in [0.4, 0.5) is 10.1 Å². The fourth-order valence-corrected chi connectivity index (χ4v) is 2.25. The second kappa shape index (κ2) is 8.39. The van der Waals surface area contributed by atoms with Crippen LogP contribution in [0.15, 0.2) is 42.5 Å². The third-order valence-corrected chi connectivity index (χ3v) is 3.80. The number of hydrogen-bond acceptors (Lipinski definition) is 5. The van der Waals surface area contributed by atoms with Gasteiger partial charge in [-0.1, -0.05) is 23.7 Å². The number of non-ortho nitro benzene ring substituents is 1. The van der Waals surface area contributed by atoms with E-state index in [2.05, 4.69) is 0 Å². The van der Waals surface area contributed by atoms with Gasteiger partial charge in [-0.2, -0.15) is 0 Å². The largest absolute Gasteiger partial charge is 0.452 e. The zero-order chi connectivity index (χ0) is 19.3. The third-order valence-electron chi connectivity index (χ3n) is 3.47. The average Bonchev–Trinajstić information content (AvgIpc) is 2.61. The fraction of sp³-hybridized carbons (Fsp3) is 0.176. The highest BCUT2D eigenvalue weighted by molar-refractivity contribution is 6.33. The van der Waals surface area contributed by atoms with E-state index in [9.17, 15) is 24.1 Å². The smallest absolute Gasteiger partial charge is 0.340 e. The minimum atomic E-state index is -0.942. The van der Waals surface area contributed by atoms with Gasteiger partial charge in [0.25, 0.3) is 11.6 Å². The van der Waals surface area contributed by atoms with Crippen LogP contribution in [0.2, 0.25) is 5.02 Å². The molecule has 0 saturated heterocycles. The summed E-state index contributed by atoms with van der Waals surface area (Å²) in [5.41, 5.74) is 0.186. The zero-order valence-corrected chi connectivity index (χ0v) is 14.4. The van der Waals surface area contributed by atoms with Gasteiger partial charge in [0.15, 0.2) is 6.61 Å². The summed E-state index contributed by atoms with van der Waals surface area (Å²) in [5, 5.41) is 10.7. The maximum atomic E-state index is 12.9. The molecule has 0 radical (unpaired) electrons. The second-order valence-corrected chi connectivity index (χ2v) is 5.78. The molecule has 0 unspecified atom stereocenters. The molecule has 0 saturated carbocycles. The first kappa shape index (κ1) is 19.3. The van der Waals surface area contributed by atoms with Crippen molar-refractivity contribution in [1.29, 1.82) is 0 Å². The molecule has 136 valence electrons. The van der Waals surface area contributed by atoms with Crippen molar-refractivity contribution in [3.05, 3.63) is 74.5 Å². The molecule has 26 heavy (non-hydrogen) atoms. The normalized spacial score (nSPS) is 10.3. The Kier molecular flexibility index (Phi) is 6.24. The van der Waals surface area contributed by atoms with E-state index < -0.39 is 23.4 Å². The molecule has 0 spiro atoms. The molecule has 0 aliphatic rings. The number of amides is 1. The van der Waals surface area contributed by atoms with E-state index in [0.717, 1.165) is 12.1 Å². The minimum Gasteiger partial charge on any atom is -0.452 e. The first-order valence-corrected chi connectivity index (χ1v) is 7.75. The Labute approximate surface area is 153 Å². The van der Waals surface area contributed by atoms with Crippen molar-refractivity contribution < 1.29 is 23.6 Å². The topological polar surface area (TPSA) is 89.8 Å². The predicted molar refractivity (Wildman–Crippen MR) is 91.3 cm³/mol. The van der Waals surface area contributed by atoms with Crippen molar-refractivity contribution in [3.63, 3.8) is 0 Å². The van der Waals surface area contributed by atoms with Gasteiger partial charge in [-0.3, -0.25) is 14.9 Å². The Bertz CT molecular complexity index is 842. The van der Waals surface area contributed by atoms with Crippen molar-refractivity contribution in [2.45, 2.75) is 6.54 Å². The van der Waals surface area contributed by atoms with Crippen LogP contribution in [0, 0.1) is 15.9 Å². The van der Waals surface area contributed by atoms with Gasteiger partial charge in [-0.05, 0) is 23.8 Å². The van der Waals surface area contributed by atoms with Crippen molar-refractivity contribution in [1.82, 2.24) is 4.90 Å². The molecule has 2 aromatic rings. The highest BCUT2D eigenvalue weighted by Crippen LogP contribution is 2.22. The summed E-state index contributed by atoms with van der Waals surface area (Å²) >= 11 is 5.84. The van der Waals surface area contributed by atoms with E-state index in [1.807, 2.05) is 0 Å². The number of benzene rings is 2. The number of hydrogen-bond donors (Lipinski definition) is 0. The lowest BCUT2D eigenvalue weighted by Gasteiger charge is -2.17. The van der Waals surface area contributed by atoms with Crippen LogP contribution in [0.5, 0.6) is 0 Å². The first-order valence-electron chi connectivity index (χ1n) is 7.37. The quantitative estimate of drug-likeness (QED) is 0.436. The molecule has 0 aliphatic heterocycles. The Hall–Kier alpha value is -3.00. The van der Waals surface area contributed by atoms with E-state index >= 15 is 0 Å². The lowest BCUT2D eigenvalue weighted by molar-refractivity contribution is -0.384. The summed E-state index contributed by atoms with van der Waals surface area (Å²) in [6.07, 6.45) is 0. The summed E-state index contributed by atoms with van der Waals surface area (Å²) in [7, 11) is 1.50. The highest BCUT2D eigenvalue weighted by atomic mass is 35.5. The van der Waals surface area contributed by atoms with Gasteiger partial charge < -0.3 is 9.64 Å². The molecule has 0 atom stereocenters. The first-order chi connectivity index (χ1) is 12.3. The number of rotatable bonds is 6. The van der Waals surface area contributed by atoms with Gasteiger partial charge in [-0.25, -0.2) is 9.18 Å². The standard InChI is InChI=1S/C17H14ClFN2O5/c1-20(9-11-2-4-12(19)5-3-11)16(22)10-26-17(23)14-8-13(21(24)25)6-7-15(14)18/h2-8H,9-10H2,1H3. The SMILES string of the molecule is CN(Cc1ccc(F)cc1)C(=O)COC(=O)c1cc([N+](=O)[O-])ccc1Cl. The number of ether oxygens (including phenoxy) is 1. The van der Waals surface area contributed by atoms with Crippen LogP contribution in [-0.2, 0) is 16.1 Å². The monoisotopic (exact) mass is 380 g/mol. The predicted octanol–water partition coefficient (Wildman–Crippen LogP) is 3.20. The number of esters is 1. The summed E-state index contributed by atoms with van der Waals surface area (Å²) in [4.78, 5) is 35.5. The molecule has 0 aromatic heterocycles. The number of likely N-dealkylation sites (N-methyl/N-ethyl adjacent to an activating group) is 1. The van der Waals surface area contributed by atoms with Crippen molar-refractivity contribution in [3.8, 4) is 0 Å². The Balaban J connectivity index is 1.96. The summed E-state index contributed by atoms with van der Waals surface area (Å²) in [5.74, 6) is -1.82. The van der Waals surface area contributed by atoms with E-state index in [1.165, 1.54) is 42.3 Å². The van der Waals surface area contributed by atoms with Gasteiger partial charge in [0.05, 0.1) is 15.5 Å². The third kappa shape index (κ3) is 5.00. The number of carbonyl (C=O) groups is 2. The van der Waals surface area contributed by atoms with Crippen LogP contribution in [-0.4, -0.2) is 35.4 Å². The van der Waals surface area contributed by atoms with Gasteiger partial charge in [0.1, 0.15) is 5.82 Å². The Morgan fingerprint density at radius 3 is 2.50 bits per heavy atom. The lowest BCUT2D eigenvalue weighted by atomic mass is 10.2. The molecule has 0 N–H and O–H groups in total. The van der Waals surface area contributed by atoms with E-state index in [1.54, 1.807) is 0 Å². The maximum absolute atomic E-state index is 12.9. The molecular formula is C17H14ClFN2O5. The number of nitro benzene ring substituents is 1. The van der Waals surface area contributed by atoms with E-state index in [4.69, 9.17) is 16.3 Å².